The molecule has 0 saturated carbocycles. The van der Waals surface area contributed by atoms with Crippen LogP contribution in [0.2, 0.25) is 0 Å². The number of benzene rings is 1. The molecular formula is C15H22NO4P. The molecule has 1 amide bonds. The first kappa shape index (κ1) is 17.6. The number of anilines is 1. The van der Waals surface area contributed by atoms with Gasteiger partial charge in [-0.3, -0.25) is 9.36 Å². The highest BCUT2D eigenvalue weighted by Gasteiger charge is 2.20. The van der Waals surface area contributed by atoms with Gasteiger partial charge in [0.05, 0.1) is 19.4 Å². The summed E-state index contributed by atoms with van der Waals surface area (Å²) in [5, 5.41) is 2.72. The van der Waals surface area contributed by atoms with Gasteiger partial charge >= 0.3 is 7.60 Å². The maximum Gasteiger partial charge on any atom is 0.334 e. The van der Waals surface area contributed by atoms with Gasteiger partial charge in [-0.15, -0.1) is 0 Å². The average Bonchev–Trinajstić information content (AvgIpc) is 2.38. The van der Waals surface area contributed by atoms with Crippen LogP contribution in [0.5, 0.6) is 0 Å². The second-order valence-electron chi connectivity index (χ2n) is 4.34. The number of hydrogen-bond donors (Lipinski definition) is 1. The van der Waals surface area contributed by atoms with Gasteiger partial charge in [0.2, 0.25) is 5.91 Å². The van der Waals surface area contributed by atoms with Gasteiger partial charge < -0.3 is 14.4 Å². The van der Waals surface area contributed by atoms with Crippen LogP contribution in [-0.2, 0) is 18.4 Å². The van der Waals surface area contributed by atoms with Crippen LogP contribution >= 0.6 is 7.60 Å². The Labute approximate surface area is 125 Å². The van der Waals surface area contributed by atoms with Crippen molar-refractivity contribution in [1.82, 2.24) is 0 Å². The number of allylic oxidation sites excluding steroid dienone is 1. The lowest BCUT2D eigenvalue weighted by Crippen LogP contribution is -2.05. The third-order valence-corrected chi connectivity index (χ3v) is 4.46. The fourth-order valence-electron chi connectivity index (χ4n) is 1.78. The number of carbonyl (C=O) groups excluding carboxylic acids is 1. The van der Waals surface area contributed by atoms with Crippen molar-refractivity contribution in [3.63, 3.8) is 0 Å². The van der Waals surface area contributed by atoms with E-state index in [0.717, 1.165) is 11.3 Å². The summed E-state index contributed by atoms with van der Waals surface area (Å²) >= 11 is 0. The van der Waals surface area contributed by atoms with E-state index in [1.54, 1.807) is 19.9 Å². The van der Waals surface area contributed by atoms with E-state index in [1.807, 2.05) is 30.3 Å². The summed E-state index contributed by atoms with van der Waals surface area (Å²) in [7, 11) is -3.05. The van der Waals surface area contributed by atoms with Crippen molar-refractivity contribution in [3.8, 4) is 0 Å². The van der Waals surface area contributed by atoms with Crippen LogP contribution in [-0.4, -0.2) is 25.3 Å². The number of nitrogens with one attached hydrogen (secondary N) is 1. The molecule has 0 atom stereocenters. The third-order valence-electron chi connectivity index (χ3n) is 2.50. The number of hydrogen-bond acceptors (Lipinski definition) is 4. The zero-order valence-corrected chi connectivity index (χ0v) is 13.6. The molecule has 0 aromatic heterocycles. The third kappa shape index (κ3) is 6.71. The Morgan fingerprint density at radius 2 is 1.95 bits per heavy atom. The Balaban J connectivity index is 2.71. The summed E-state index contributed by atoms with van der Waals surface area (Å²) in [4.78, 5) is 11.0. The molecule has 0 saturated heterocycles. The van der Waals surface area contributed by atoms with E-state index in [4.69, 9.17) is 9.05 Å². The molecule has 5 nitrogen and oxygen atoms in total. The quantitative estimate of drug-likeness (QED) is 0.739. The van der Waals surface area contributed by atoms with Crippen molar-refractivity contribution in [2.24, 2.45) is 0 Å². The van der Waals surface area contributed by atoms with Crippen molar-refractivity contribution in [2.75, 3.05) is 24.7 Å². The molecule has 1 rings (SSSR count). The van der Waals surface area contributed by atoms with Gasteiger partial charge in [-0.25, -0.2) is 0 Å². The van der Waals surface area contributed by atoms with E-state index in [1.165, 1.54) is 6.92 Å². The highest BCUT2D eigenvalue weighted by Crippen LogP contribution is 2.47. The lowest BCUT2D eigenvalue weighted by molar-refractivity contribution is -0.114. The first-order chi connectivity index (χ1) is 9.99. The van der Waals surface area contributed by atoms with Crippen LogP contribution in [0.15, 0.2) is 30.3 Å². The lowest BCUT2D eigenvalue weighted by Gasteiger charge is -2.14. The molecule has 1 aromatic rings. The fourth-order valence-corrected chi connectivity index (χ4v) is 3.21. The Morgan fingerprint density at radius 1 is 1.29 bits per heavy atom. The minimum atomic E-state index is -3.05. The second kappa shape index (κ2) is 8.78. The van der Waals surface area contributed by atoms with Crippen LogP contribution in [0.3, 0.4) is 0 Å². The molecule has 0 spiro atoms. The van der Waals surface area contributed by atoms with Crippen molar-refractivity contribution < 1.29 is 18.4 Å². The zero-order valence-electron chi connectivity index (χ0n) is 12.7. The molecule has 0 radical (unpaired) electrons. The summed E-state index contributed by atoms with van der Waals surface area (Å²) in [5.74, 6) is -0.117. The summed E-state index contributed by atoms with van der Waals surface area (Å²) in [5.41, 5.74) is 1.63. The molecule has 0 heterocycles. The maximum atomic E-state index is 12.3. The van der Waals surface area contributed by atoms with E-state index >= 15 is 0 Å². The minimum Gasteiger partial charge on any atom is -0.326 e. The first-order valence-corrected chi connectivity index (χ1v) is 8.64. The topological polar surface area (TPSA) is 64.6 Å². The van der Waals surface area contributed by atoms with E-state index in [9.17, 15) is 9.36 Å². The monoisotopic (exact) mass is 311 g/mol. The smallest absolute Gasteiger partial charge is 0.326 e. The van der Waals surface area contributed by atoms with Crippen LogP contribution in [0.25, 0.3) is 6.08 Å². The molecular weight excluding hydrogens is 289 g/mol. The van der Waals surface area contributed by atoms with Gasteiger partial charge in [0.15, 0.2) is 0 Å². The van der Waals surface area contributed by atoms with Crippen LogP contribution in [0, 0.1) is 0 Å². The number of carbonyl (C=O) groups is 1. The second-order valence-corrected chi connectivity index (χ2v) is 6.44. The largest absolute Gasteiger partial charge is 0.334 e. The molecule has 21 heavy (non-hydrogen) atoms. The maximum absolute atomic E-state index is 12.3. The summed E-state index contributed by atoms with van der Waals surface area (Å²) < 4.78 is 22.7. The van der Waals surface area contributed by atoms with Gasteiger partial charge in [0.25, 0.3) is 0 Å². The van der Waals surface area contributed by atoms with E-state index in [-0.39, 0.29) is 12.1 Å². The predicted octanol–water partition coefficient (Wildman–Crippen LogP) is 3.92. The average molecular weight is 311 g/mol. The van der Waals surface area contributed by atoms with Crippen LogP contribution in [0.1, 0.15) is 26.3 Å². The Kier molecular flexibility index (Phi) is 7.37. The Bertz CT molecular complexity index is 532. The highest BCUT2D eigenvalue weighted by molar-refractivity contribution is 7.54. The van der Waals surface area contributed by atoms with Gasteiger partial charge in [-0.1, -0.05) is 24.3 Å². The summed E-state index contributed by atoms with van der Waals surface area (Å²) in [6.07, 6.45) is 3.81. The summed E-state index contributed by atoms with van der Waals surface area (Å²) in [6, 6.07) is 7.39. The molecule has 0 aliphatic carbocycles. The fraction of sp³-hybridized carbons (Fsp3) is 0.400. The molecule has 0 bridgehead atoms. The van der Waals surface area contributed by atoms with Gasteiger partial charge in [-0.05, 0) is 31.5 Å². The Morgan fingerprint density at radius 3 is 2.52 bits per heavy atom. The van der Waals surface area contributed by atoms with Gasteiger partial charge in [0.1, 0.15) is 0 Å². The SMILES string of the molecule is CCOP(=O)(C/C=C/c1cccc(NC(C)=O)c1)OCC. The number of amides is 1. The van der Waals surface area contributed by atoms with Crippen molar-refractivity contribution in [2.45, 2.75) is 20.8 Å². The molecule has 6 heteroatoms. The van der Waals surface area contributed by atoms with Crippen LogP contribution in [0.4, 0.5) is 5.69 Å². The first-order valence-electron chi connectivity index (χ1n) is 6.91. The Hall–Kier alpha value is -1.42. The molecule has 116 valence electrons. The molecule has 0 aliphatic rings. The van der Waals surface area contributed by atoms with E-state index < -0.39 is 7.60 Å². The molecule has 0 fully saturated rings. The summed E-state index contributed by atoms with van der Waals surface area (Å²) in [6.45, 7) is 5.73. The van der Waals surface area contributed by atoms with Crippen molar-refractivity contribution in [1.29, 1.82) is 0 Å². The van der Waals surface area contributed by atoms with Crippen molar-refractivity contribution >= 4 is 25.3 Å². The molecule has 1 N–H and O–H groups in total. The zero-order chi connectivity index (χ0) is 15.7. The number of rotatable bonds is 8. The lowest BCUT2D eigenvalue weighted by atomic mass is 10.2. The normalized spacial score (nSPS) is 11.8. The van der Waals surface area contributed by atoms with Crippen molar-refractivity contribution in [3.05, 3.63) is 35.9 Å². The highest BCUT2D eigenvalue weighted by atomic mass is 31.2. The molecule has 0 aliphatic heterocycles. The van der Waals surface area contributed by atoms with Gasteiger partial charge in [-0.2, -0.15) is 0 Å². The molecule has 0 unspecified atom stereocenters. The predicted molar refractivity (Wildman–Crippen MR) is 85.5 cm³/mol. The van der Waals surface area contributed by atoms with E-state index in [0.29, 0.717) is 13.2 Å². The van der Waals surface area contributed by atoms with Crippen LogP contribution < -0.4 is 5.32 Å². The van der Waals surface area contributed by atoms with Gasteiger partial charge in [0, 0.05) is 12.6 Å². The molecule has 1 aromatic carbocycles. The van der Waals surface area contributed by atoms with E-state index in [2.05, 4.69) is 5.32 Å². The minimum absolute atomic E-state index is 0.117. The standard InChI is InChI=1S/C15H22NO4P/c1-4-19-21(18,20-5-2)11-7-9-14-8-6-10-15(12-14)16-13(3)17/h6-10,12H,4-5,11H2,1-3H3,(H,16,17)/b9-7+.